The predicted octanol–water partition coefficient (Wildman–Crippen LogP) is 5.12. The van der Waals surface area contributed by atoms with Gasteiger partial charge in [0.25, 0.3) is 0 Å². The van der Waals surface area contributed by atoms with Crippen molar-refractivity contribution in [3.05, 3.63) is 28.7 Å². The summed E-state index contributed by atoms with van der Waals surface area (Å²) in [5.74, 6) is 1.43. The number of fused-ring (bicyclic) bond motifs is 1. The maximum atomic E-state index is 5.97. The first-order chi connectivity index (χ1) is 11.8. The third-order valence-electron chi connectivity index (χ3n) is 4.16. The van der Waals surface area contributed by atoms with Crippen molar-refractivity contribution in [3.63, 3.8) is 0 Å². The van der Waals surface area contributed by atoms with Gasteiger partial charge in [0.1, 0.15) is 12.4 Å². The van der Waals surface area contributed by atoms with Crippen molar-refractivity contribution in [1.82, 2.24) is 4.98 Å². The summed E-state index contributed by atoms with van der Waals surface area (Å²) >= 11 is 3.51. The van der Waals surface area contributed by atoms with Crippen LogP contribution >= 0.6 is 15.9 Å². The molecule has 0 amide bonds. The predicted molar refractivity (Wildman–Crippen MR) is 98.9 cm³/mol. The molecule has 2 heterocycles. The lowest BCUT2D eigenvalue weighted by atomic mass is 10.1. The standard InChI is InChI=1S/C19H24BrNO3/c1-2-3-9-23-18-12-19(24-13-15-6-4-5-10-22-15)21-17-11-14(20)7-8-16(17)18/h7-8,11-12,15H,2-6,9-10,13H2,1H3. The molecule has 24 heavy (non-hydrogen) atoms. The van der Waals surface area contributed by atoms with Crippen LogP contribution in [-0.2, 0) is 4.74 Å². The molecule has 5 heteroatoms. The van der Waals surface area contributed by atoms with Gasteiger partial charge in [0, 0.05) is 22.5 Å². The van der Waals surface area contributed by atoms with E-state index < -0.39 is 0 Å². The average molecular weight is 394 g/mol. The molecule has 4 nitrogen and oxygen atoms in total. The Morgan fingerprint density at radius 2 is 2.17 bits per heavy atom. The van der Waals surface area contributed by atoms with E-state index in [-0.39, 0.29) is 6.10 Å². The fourth-order valence-electron chi connectivity index (χ4n) is 2.78. The quantitative estimate of drug-likeness (QED) is 0.611. The van der Waals surface area contributed by atoms with E-state index >= 15 is 0 Å². The summed E-state index contributed by atoms with van der Waals surface area (Å²) in [4.78, 5) is 4.62. The Bertz CT molecular complexity index is 671. The molecule has 0 N–H and O–H groups in total. The van der Waals surface area contributed by atoms with Gasteiger partial charge in [-0.15, -0.1) is 0 Å². The highest BCUT2D eigenvalue weighted by Gasteiger charge is 2.16. The largest absolute Gasteiger partial charge is 0.493 e. The van der Waals surface area contributed by atoms with E-state index in [1.54, 1.807) is 0 Å². The fourth-order valence-corrected chi connectivity index (χ4v) is 3.13. The van der Waals surface area contributed by atoms with Gasteiger partial charge < -0.3 is 14.2 Å². The zero-order valence-corrected chi connectivity index (χ0v) is 15.7. The minimum Gasteiger partial charge on any atom is -0.493 e. The fraction of sp³-hybridized carbons (Fsp3) is 0.526. The van der Waals surface area contributed by atoms with Gasteiger partial charge in [0.05, 0.1) is 18.2 Å². The molecule has 2 aromatic rings. The SMILES string of the molecule is CCCCOc1cc(OCC2CCCCO2)nc2cc(Br)ccc12. The highest BCUT2D eigenvalue weighted by Crippen LogP contribution is 2.31. The molecule has 130 valence electrons. The third kappa shape index (κ3) is 4.61. The van der Waals surface area contributed by atoms with Gasteiger partial charge in [0.15, 0.2) is 0 Å². The maximum Gasteiger partial charge on any atom is 0.217 e. The summed E-state index contributed by atoms with van der Waals surface area (Å²) in [6.45, 7) is 4.24. The van der Waals surface area contributed by atoms with Crippen LogP contribution in [0.25, 0.3) is 10.9 Å². The van der Waals surface area contributed by atoms with Gasteiger partial charge in [-0.1, -0.05) is 29.3 Å². The molecule has 0 spiro atoms. The molecule has 1 aliphatic rings. The lowest BCUT2D eigenvalue weighted by molar-refractivity contribution is -0.0119. The molecule has 1 unspecified atom stereocenters. The molecule has 3 rings (SSSR count). The first kappa shape index (κ1) is 17.5. The van der Waals surface area contributed by atoms with E-state index in [0.717, 1.165) is 53.4 Å². The summed E-state index contributed by atoms with van der Waals surface area (Å²) in [7, 11) is 0. The molecule has 0 saturated carbocycles. The molecular weight excluding hydrogens is 370 g/mol. The number of halogens is 1. The number of unbranched alkanes of at least 4 members (excludes halogenated alkanes) is 1. The minimum atomic E-state index is 0.170. The average Bonchev–Trinajstić information content (AvgIpc) is 2.60. The van der Waals surface area contributed by atoms with Crippen LogP contribution in [0.2, 0.25) is 0 Å². The van der Waals surface area contributed by atoms with E-state index in [4.69, 9.17) is 14.2 Å². The topological polar surface area (TPSA) is 40.6 Å². The minimum absolute atomic E-state index is 0.170. The van der Waals surface area contributed by atoms with Crippen molar-refractivity contribution in [1.29, 1.82) is 0 Å². The van der Waals surface area contributed by atoms with Gasteiger partial charge in [-0.2, -0.15) is 0 Å². The monoisotopic (exact) mass is 393 g/mol. The summed E-state index contributed by atoms with van der Waals surface area (Å²) < 4.78 is 18.6. The number of aromatic nitrogens is 1. The van der Waals surface area contributed by atoms with Gasteiger partial charge in [-0.05, 0) is 43.9 Å². The Kier molecular flexibility index (Phi) is 6.32. The lowest BCUT2D eigenvalue weighted by Gasteiger charge is -2.22. The first-order valence-electron chi connectivity index (χ1n) is 8.74. The van der Waals surface area contributed by atoms with Crippen LogP contribution in [0, 0.1) is 0 Å². The van der Waals surface area contributed by atoms with Crippen molar-refractivity contribution in [2.24, 2.45) is 0 Å². The first-order valence-corrected chi connectivity index (χ1v) is 9.53. The van der Waals surface area contributed by atoms with Crippen molar-refractivity contribution in [3.8, 4) is 11.6 Å². The zero-order valence-electron chi connectivity index (χ0n) is 14.1. The molecule has 1 aliphatic heterocycles. The number of nitrogens with zero attached hydrogens (tertiary/aromatic N) is 1. The lowest BCUT2D eigenvalue weighted by Crippen LogP contribution is -2.26. The summed E-state index contributed by atoms with van der Waals surface area (Å²) in [5, 5.41) is 1.01. The van der Waals surface area contributed by atoms with Gasteiger partial charge in [0.2, 0.25) is 5.88 Å². The molecule has 1 saturated heterocycles. The summed E-state index contributed by atoms with van der Waals surface area (Å²) in [6, 6.07) is 7.93. The van der Waals surface area contributed by atoms with E-state index in [1.807, 2.05) is 24.3 Å². The number of pyridine rings is 1. The second-order valence-electron chi connectivity index (χ2n) is 6.12. The van der Waals surface area contributed by atoms with Crippen LogP contribution < -0.4 is 9.47 Å². The molecule has 1 fully saturated rings. The van der Waals surface area contributed by atoms with Crippen molar-refractivity contribution in [2.45, 2.75) is 45.1 Å². The molecule has 0 aliphatic carbocycles. The van der Waals surface area contributed by atoms with Crippen LogP contribution in [-0.4, -0.2) is 30.9 Å². The maximum absolute atomic E-state index is 5.97. The highest BCUT2D eigenvalue weighted by molar-refractivity contribution is 9.10. The van der Waals surface area contributed by atoms with Crippen molar-refractivity contribution >= 4 is 26.8 Å². The Balaban J connectivity index is 1.78. The van der Waals surface area contributed by atoms with Crippen LogP contribution in [0.4, 0.5) is 0 Å². The van der Waals surface area contributed by atoms with Crippen LogP contribution in [0.1, 0.15) is 39.0 Å². The smallest absolute Gasteiger partial charge is 0.217 e. The van der Waals surface area contributed by atoms with E-state index in [1.165, 1.54) is 6.42 Å². The van der Waals surface area contributed by atoms with Crippen LogP contribution in [0.5, 0.6) is 11.6 Å². The van der Waals surface area contributed by atoms with Crippen LogP contribution in [0.15, 0.2) is 28.7 Å². The normalized spacial score (nSPS) is 17.8. The van der Waals surface area contributed by atoms with E-state index in [2.05, 4.69) is 27.8 Å². The van der Waals surface area contributed by atoms with Gasteiger partial charge in [-0.3, -0.25) is 0 Å². The van der Waals surface area contributed by atoms with Gasteiger partial charge in [-0.25, -0.2) is 4.98 Å². The number of hydrogen-bond donors (Lipinski definition) is 0. The van der Waals surface area contributed by atoms with E-state index in [0.29, 0.717) is 19.1 Å². The number of ether oxygens (including phenoxy) is 3. The van der Waals surface area contributed by atoms with Crippen molar-refractivity contribution in [2.75, 3.05) is 19.8 Å². The molecular formula is C19H24BrNO3. The molecule has 0 radical (unpaired) electrons. The van der Waals surface area contributed by atoms with Crippen LogP contribution in [0.3, 0.4) is 0 Å². The molecule has 1 aromatic carbocycles. The van der Waals surface area contributed by atoms with E-state index in [9.17, 15) is 0 Å². The summed E-state index contributed by atoms with van der Waals surface area (Å²) in [5.41, 5.74) is 0.873. The Morgan fingerprint density at radius 1 is 1.25 bits per heavy atom. The Hall–Kier alpha value is -1.33. The Labute approximate surface area is 151 Å². The second-order valence-corrected chi connectivity index (χ2v) is 7.04. The zero-order chi connectivity index (χ0) is 16.8. The summed E-state index contributed by atoms with van der Waals surface area (Å²) in [6.07, 6.45) is 5.72. The highest BCUT2D eigenvalue weighted by atomic mass is 79.9. The second kappa shape index (κ2) is 8.67. The van der Waals surface area contributed by atoms with Crippen molar-refractivity contribution < 1.29 is 14.2 Å². The van der Waals surface area contributed by atoms with Gasteiger partial charge >= 0.3 is 0 Å². The third-order valence-corrected chi connectivity index (χ3v) is 4.65. The number of rotatable bonds is 7. The Morgan fingerprint density at radius 3 is 2.96 bits per heavy atom. The number of hydrogen-bond acceptors (Lipinski definition) is 4. The number of benzene rings is 1. The molecule has 1 aromatic heterocycles. The molecule has 0 bridgehead atoms. The molecule has 1 atom stereocenters.